The number of likely N-dealkylation sites (tertiary alicyclic amines) is 1. The van der Waals surface area contributed by atoms with Gasteiger partial charge < -0.3 is 15.1 Å². The van der Waals surface area contributed by atoms with Gasteiger partial charge in [-0.25, -0.2) is 4.39 Å². The molecule has 2 fully saturated rings. The molecule has 6 heteroatoms. The molecule has 1 N–H and O–H groups in total. The lowest BCUT2D eigenvalue weighted by atomic mass is 9.96. The van der Waals surface area contributed by atoms with Gasteiger partial charge in [-0.05, 0) is 62.9 Å². The first kappa shape index (κ1) is 20.4. The van der Waals surface area contributed by atoms with Crippen LogP contribution in [-0.4, -0.2) is 42.9 Å². The Kier molecular flexibility index (Phi) is 6.02. The van der Waals surface area contributed by atoms with E-state index < -0.39 is 0 Å². The number of hydrogen-bond donors (Lipinski definition) is 1. The van der Waals surface area contributed by atoms with E-state index >= 15 is 0 Å². The van der Waals surface area contributed by atoms with E-state index in [0.717, 1.165) is 44.3 Å². The normalized spacial score (nSPS) is 19.1. The lowest BCUT2D eigenvalue weighted by molar-refractivity contribution is -0.121. The summed E-state index contributed by atoms with van der Waals surface area (Å²) in [5.74, 6) is -0.817. The molecule has 1 atom stereocenters. The van der Waals surface area contributed by atoms with Crippen molar-refractivity contribution in [3.8, 4) is 0 Å². The van der Waals surface area contributed by atoms with Gasteiger partial charge in [-0.2, -0.15) is 0 Å². The van der Waals surface area contributed by atoms with E-state index in [1.54, 1.807) is 17.0 Å². The van der Waals surface area contributed by atoms with Crippen LogP contribution >= 0.6 is 0 Å². The number of nitrogens with one attached hydrogen (secondary N) is 1. The fourth-order valence-corrected chi connectivity index (χ4v) is 4.30. The Morgan fingerprint density at radius 3 is 2.43 bits per heavy atom. The van der Waals surface area contributed by atoms with Gasteiger partial charge in [0.15, 0.2) is 0 Å². The Bertz CT molecular complexity index is 923. The van der Waals surface area contributed by atoms with Gasteiger partial charge in [0, 0.05) is 37.4 Å². The Balaban J connectivity index is 1.39. The second-order valence-electron chi connectivity index (χ2n) is 8.31. The average molecular weight is 410 g/mol. The van der Waals surface area contributed by atoms with Crippen LogP contribution in [0.1, 0.15) is 41.6 Å². The molecule has 2 aromatic rings. The number of aryl methyl sites for hydroxylation is 1. The first-order chi connectivity index (χ1) is 14.5. The van der Waals surface area contributed by atoms with Crippen LogP contribution in [0, 0.1) is 18.7 Å². The standard InChI is InChI=1S/C24H28FN3O2/c1-17-6-8-18(9-7-17)24(30)28-14-4-5-19(16-28)23(29)26-20-10-11-22(21(25)15-20)27-12-2-3-13-27/h6-11,15,19H,2-5,12-14,16H2,1H3,(H,26,29). The minimum atomic E-state index is -0.311. The number of rotatable bonds is 4. The number of carbonyl (C=O) groups is 2. The maximum atomic E-state index is 14.5. The Labute approximate surface area is 176 Å². The summed E-state index contributed by atoms with van der Waals surface area (Å²) < 4.78 is 14.5. The highest BCUT2D eigenvalue weighted by atomic mass is 19.1. The topological polar surface area (TPSA) is 52.7 Å². The molecule has 0 spiro atoms. The predicted octanol–water partition coefficient (Wildman–Crippen LogP) is 4.23. The number of benzene rings is 2. The van der Waals surface area contributed by atoms with Crippen molar-refractivity contribution in [3.05, 3.63) is 59.4 Å². The molecule has 0 aromatic heterocycles. The fourth-order valence-electron chi connectivity index (χ4n) is 4.30. The van der Waals surface area contributed by atoms with Gasteiger partial charge in [0.05, 0.1) is 11.6 Å². The molecule has 30 heavy (non-hydrogen) atoms. The molecular weight excluding hydrogens is 381 g/mol. The van der Waals surface area contributed by atoms with Gasteiger partial charge in [0.1, 0.15) is 5.82 Å². The molecular formula is C24H28FN3O2. The SMILES string of the molecule is Cc1ccc(C(=O)N2CCCC(C(=O)Nc3ccc(N4CCCC4)c(F)c3)C2)cc1. The minimum absolute atomic E-state index is 0.0477. The van der Waals surface area contributed by atoms with E-state index in [0.29, 0.717) is 30.0 Å². The average Bonchev–Trinajstić information content (AvgIpc) is 3.28. The molecule has 0 radical (unpaired) electrons. The Morgan fingerprint density at radius 1 is 1.00 bits per heavy atom. The highest BCUT2D eigenvalue weighted by Crippen LogP contribution is 2.27. The smallest absolute Gasteiger partial charge is 0.253 e. The summed E-state index contributed by atoms with van der Waals surface area (Å²) in [4.78, 5) is 29.4. The number of halogens is 1. The Morgan fingerprint density at radius 2 is 1.73 bits per heavy atom. The van der Waals surface area contributed by atoms with Crippen LogP contribution in [-0.2, 0) is 4.79 Å². The van der Waals surface area contributed by atoms with E-state index in [9.17, 15) is 14.0 Å². The highest BCUT2D eigenvalue weighted by Gasteiger charge is 2.29. The van der Waals surface area contributed by atoms with Crippen molar-refractivity contribution in [2.45, 2.75) is 32.6 Å². The van der Waals surface area contributed by atoms with Crippen molar-refractivity contribution in [1.29, 1.82) is 0 Å². The van der Waals surface area contributed by atoms with Crippen molar-refractivity contribution in [2.75, 3.05) is 36.4 Å². The molecule has 0 aliphatic carbocycles. The molecule has 0 saturated carbocycles. The van der Waals surface area contributed by atoms with E-state index in [-0.39, 0.29) is 23.5 Å². The van der Waals surface area contributed by atoms with Gasteiger partial charge >= 0.3 is 0 Å². The molecule has 2 amide bonds. The summed E-state index contributed by atoms with van der Waals surface area (Å²) in [6.45, 7) is 4.75. The van der Waals surface area contributed by atoms with Crippen LogP contribution in [0.2, 0.25) is 0 Å². The maximum Gasteiger partial charge on any atom is 0.253 e. The van der Waals surface area contributed by atoms with E-state index in [2.05, 4.69) is 5.32 Å². The summed E-state index contributed by atoms with van der Waals surface area (Å²) in [6.07, 6.45) is 3.66. The number of amides is 2. The molecule has 2 heterocycles. The summed E-state index contributed by atoms with van der Waals surface area (Å²) in [7, 11) is 0. The number of nitrogens with zero attached hydrogens (tertiary/aromatic N) is 2. The molecule has 2 aliphatic rings. The van der Waals surface area contributed by atoms with E-state index in [1.165, 1.54) is 6.07 Å². The summed E-state index contributed by atoms with van der Waals surface area (Å²) in [5.41, 5.74) is 2.80. The molecule has 2 saturated heterocycles. The molecule has 2 aliphatic heterocycles. The van der Waals surface area contributed by atoms with Gasteiger partial charge in [0.2, 0.25) is 5.91 Å². The number of carbonyl (C=O) groups excluding carboxylic acids is 2. The quantitative estimate of drug-likeness (QED) is 0.822. The monoisotopic (exact) mass is 409 g/mol. The number of anilines is 2. The zero-order valence-electron chi connectivity index (χ0n) is 17.4. The van der Waals surface area contributed by atoms with E-state index in [1.807, 2.05) is 36.1 Å². The molecule has 0 bridgehead atoms. The van der Waals surface area contributed by atoms with Crippen LogP contribution in [0.4, 0.5) is 15.8 Å². The van der Waals surface area contributed by atoms with Gasteiger partial charge in [-0.1, -0.05) is 17.7 Å². The predicted molar refractivity (Wildman–Crippen MR) is 116 cm³/mol. The van der Waals surface area contributed by atoms with Crippen molar-refractivity contribution in [2.24, 2.45) is 5.92 Å². The summed E-state index contributed by atoms with van der Waals surface area (Å²) in [6, 6.07) is 12.4. The first-order valence-corrected chi connectivity index (χ1v) is 10.7. The van der Waals surface area contributed by atoms with Crippen molar-refractivity contribution in [1.82, 2.24) is 4.90 Å². The largest absolute Gasteiger partial charge is 0.369 e. The third-order valence-electron chi connectivity index (χ3n) is 6.04. The van der Waals surface area contributed by atoms with Crippen LogP contribution in [0.15, 0.2) is 42.5 Å². The molecule has 5 nitrogen and oxygen atoms in total. The highest BCUT2D eigenvalue weighted by molar-refractivity contribution is 5.96. The van der Waals surface area contributed by atoms with Crippen LogP contribution in [0.3, 0.4) is 0 Å². The minimum Gasteiger partial charge on any atom is -0.369 e. The second-order valence-corrected chi connectivity index (χ2v) is 8.31. The zero-order valence-corrected chi connectivity index (χ0v) is 17.4. The number of piperidine rings is 1. The van der Waals surface area contributed by atoms with Crippen molar-refractivity contribution < 1.29 is 14.0 Å². The fraction of sp³-hybridized carbons (Fsp3) is 0.417. The van der Waals surface area contributed by atoms with Crippen LogP contribution in [0.25, 0.3) is 0 Å². The van der Waals surface area contributed by atoms with Gasteiger partial charge in [-0.15, -0.1) is 0 Å². The molecule has 2 aromatic carbocycles. The second kappa shape index (κ2) is 8.86. The number of hydrogen-bond acceptors (Lipinski definition) is 3. The van der Waals surface area contributed by atoms with Crippen molar-refractivity contribution in [3.63, 3.8) is 0 Å². The van der Waals surface area contributed by atoms with E-state index in [4.69, 9.17) is 0 Å². The van der Waals surface area contributed by atoms with Gasteiger partial charge in [0.25, 0.3) is 5.91 Å². The lowest BCUT2D eigenvalue weighted by Gasteiger charge is -2.32. The van der Waals surface area contributed by atoms with Gasteiger partial charge in [-0.3, -0.25) is 9.59 Å². The molecule has 1 unspecified atom stereocenters. The Hall–Kier alpha value is -2.89. The summed E-state index contributed by atoms with van der Waals surface area (Å²) in [5, 5.41) is 2.84. The zero-order chi connectivity index (χ0) is 21.1. The van der Waals surface area contributed by atoms with Crippen LogP contribution in [0.5, 0.6) is 0 Å². The first-order valence-electron chi connectivity index (χ1n) is 10.7. The van der Waals surface area contributed by atoms with Crippen LogP contribution < -0.4 is 10.2 Å². The molecule has 4 rings (SSSR count). The van der Waals surface area contributed by atoms with Crippen molar-refractivity contribution >= 4 is 23.2 Å². The summed E-state index contributed by atoms with van der Waals surface area (Å²) >= 11 is 0. The third-order valence-corrected chi connectivity index (χ3v) is 6.04. The maximum absolute atomic E-state index is 14.5. The lowest BCUT2D eigenvalue weighted by Crippen LogP contribution is -2.43. The molecule has 158 valence electrons. The third kappa shape index (κ3) is 4.48.